The van der Waals surface area contributed by atoms with Gasteiger partial charge in [-0.1, -0.05) is 50.4 Å². The lowest BCUT2D eigenvalue weighted by atomic mass is 9.93. The van der Waals surface area contributed by atoms with E-state index in [4.69, 9.17) is 11.6 Å². The summed E-state index contributed by atoms with van der Waals surface area (Å²) in [5.74, 6) is 0.268. The van der Waals surface area contributed by atoms with E-state index in [1.54, 1.807) is 6.07 Å². The third kappa shape index (κ3) is 3.97. The van der Waals surface area contributed by atoms with Crippen LogP contribution < -0.4 is 5.32 Å². The van der Waals surface area contributed by atoms with Gasteiger partial charge >= 0.3 is 0 Å². The van der Waals surface area contributed by atoms with Crippen molar-refractivity contribution in [2.75, 3.05) is 7.05 Å². The summed E-state index contributed by atoms with van der Waals surface area (Å²) in [5, 5.41) is 3.47. The molecule has 0 heterocycles. The topological polar surface area (TPSA) is 12.0 Å². The average molecular weight is 258 g/mol. The quantitative estimate of drug-likeness (QED) is 0.787. The monoisotopic (exact) mass is 257 g/mol. The van der Waals surface area contributed by atoms with Crippen molar-refractivity contribution in [2.45, 2.75) is 39.2 Å². The Bertz CT molecular complexity index is 354. The van der Waals surface area contributed by atoms with Gasteiger partial charge in [0.15, 0.2) is 0 Å². The molecule has 0 aliphatic heterocycles. The molecule has 1 N–H and O–H groups in total. The molecule has 0 saturated heterocycles. The molecule has 0 aliphatic carbocycles. The number of halogens is 2. The van der Waals surface area contributed by atoms with E-state index >= 15 is 0 Å². The van der Waals surface area contributed by atoms with Crippen molar-refractivity contribution in [3.63, 3.8) is 0 Å². The normalized spacial score (nSPS) is 14.6. The minimum atomic E-state index is -0.340. The van der Waals surface area contributed by atoms with Crippen LogP contribution in [0.2, 0.25) is 5.02 Å². The highest BCUT2D eigenvalue weighted by atomic mass is 35.5. The van der Waals surface area contributed by atoms with E-state index in [-0.39, 0.29) is 16.9 Å². The lowest BCUT2D eigenvalue weighted by Crippen LogP contribution is -2.19. The smallest absolute Gasteiger partial charge is 0.142 e. The first kappa shape index (κ1) is 14.5. The minimum absolute atomic E-state index is 0.125. The number of benzene rings is 1. The molecule has 1 rings (SSSR count). The lowest BCUT2D eigenvalue weighted by Gasteiger charge is -2.21. The molecule has 3 heteroatoms. The van der Waals surface area contributed by atoms with Crippen molar-refractivity contribution in [3.05, 3.63) is 34.6 Å². The van der Waals surface area contributed by atoms with Crippen LogP contribution in [0.15, 0.2) is 18.2 Å². The predicted octanol–water partition coefficient (Wildman–Crippen LogP) is 4.57. The zero-order valence-corrected chi connectivity index (χ0v) is 11.5. The first-order valence-corrected chi connectivity index (χ1v) is 6.59. The van der Waals surface area contributed by atoms with Crippen LogP contribution in [0.4, 0.5) is 4.39 Å². The molecule has 0 fully saturated rings. The number of hydrogen-bond donors (Lipinski definition) is 1. The number of nitrogens with one attached hydrogen (secondary N) is 1. The fourth-order valence-electron chi connectivity index (χ4n) is 2.20. The zero-order chi connectivity index (χ0) is 12.8. The average Bonchev–Trinajstić information content (AvgIpc) is 2.30. The molecule has 0 saturated carbocycles. The van der Waals surface area contributed by atoms with E-state index in [1.807, 2.05) is 13.1 Å². The summed E-state index contributed by atoms with van der Waals surface area (Å²) in [6.07, 6.45) is 3.34. The van der Waals surface area contributed by atoms with Crippen LogP contribution >= 0.6 is 11.6 Å². The number of rotatable bonds is 6. The van der Waals surface area contributed by atoms with Crippen molar-refractivity contribution in [3.8, 4) is 0 Å². The zero-order valence-electron chi connectivity index (χ0n) is 10.8. The van der Waals surface area contributed by atoms with Gasteiger partial charge in [0.2, 0.25) is 0 Å². The third-order valence-electron chi connectivity index (χ3n) is 3.12. The molecule has 2 atom stereocenters. The van der Waals surface area contributed by atoms with Crippen LogP contribution in [0.1, 0.15) is 44.7 Å². The molecule has 2 unspecified atom stereocenters. The van der Waals surface area contributed by atoms with Crippen LogP contribution in [-0.2, 0) is 0 Å². The van der Waals surface area contributed by atoms with Crippen molar-refractivity contribution in [2.24, 2.45) is 5.92 Å². The maximum atomic E-state index is 13.4. The fourth-order valence-corrected chi connectivity index (χ4v) is 2.46. The van der Waals surface area contributed by atoms with E-state index in [1.165, 1.54) is 18.9 Å². The van der Waals surface area contributed by atoms with Crippen molar-refractivity contribution >= 4 is 11.6 Å². The lowest BCUT2D eigenvalue weighted by molar-refractivity contribution is 0.406. The first-order chi connectivity index (χ1) is 8.10. The van der Waals surface area contributed by atoms with Gasteiger partial charge in [0.05, 0.1) is 5.02 Å². The van der Waals surface area contributed by atoms with Crippen LogP contribution in [0, 0.1) is 11.7 Å². The second-order valence-electron chi connectivity index (χ2n) is 4.61. The Morgan fingerprint density at radius 3 is 2.71 bits per heavy atom. The first-order valence-electron chi connectivity index (χ1n) is 6.21. The number of hydrogen-bond acceptors (Lipinski definition) is 1. The largest absolute Gasteiger partial charge is 0.313 e. The maximum absolute atomic E-state index is 13.4. The second kappa shape index (κ2) is 6.97. The van der Waals surface area contributed by atoms with Gasteiger partial charge in [-0.25, -0.2) is 4.39 Å². The molecule has 0 aromatic heterocycles. The SMILES string of the molecule is CCCC(C)CC(NC)c1cccc(F)c1Cl. The Morgan fingerprint density at radius 1 is 1.41 bits per heavy atom. The molecular weight excluding hydrogens is 237 g/mol. The highest BCUT2D eigenvalue weighted by molar-refractivity contribution is 6.31. The Hall–Kier alpha value is -0.600. The van der Waals surface area contributed by atoms with E-state index in [9.17, 15) is 4.39 Å². The van der Waals surface area contributed by atoms with E-state index in [2.05, 4.69) is 19.2 Å². The van der Waals surface area contributed by atoms with Crippen LogP contribution in [0.25, 0.3) is 0 Å². The molecule has 17 heavy (non-hydrogen) atoms. The van der Waals surface area contributed by atoms with E-state index in [0.29, 0.717) is 5.92 Å². The fraction of sp³-hybridized carbons (Fsp3) is 0.571. The van der Waals surface area contributed by atoms with E-state index < -0.39 is 0 Å². The maximum Gasteiger partial charge on any atom is 0.142 e. The standard InChI is InChI=1S/C14H21ClFN/c1-4-6-10(2)9-13(17-3)11-7-5-8-12(16)14(11)15/h5,7-8,10,13,17H,4,6,9H2,1-3H3. The summed E-state index contributed by atoms with van der Waals surface area (Å²) in [7, 11) is 1.89. The molecule has 1 nitrogen and oxygen atoms in total. The van der Waals surface area contributed by atoms with Crippen LogP contribution in [0.5, 0.6) is 0 Å². The summed E-state index contributed by atoms with van der Waals surface area (Å²) in [4.78, 5) is 0. The molecule has 0 amide bonds. The molecule has 0 spiro atoms. The Kier molecular flexibility index (Phi) is 5.93. The predicted molar refractivity (Wildman–Crippen MR) is 71.9 cm³/mol. The van der Waals surface area contributed by atoms with Gasteiger partial charge in [-0.15, -0.1) is 0 Å². The van der Waals surface area contributed by atoms with Crippen LogP contribution in [-0.4, -0.2) is 7.05 Å². The Labute approximate surface area is 108 Å². The molecule has 1 aromatic carbocycles. The molecule has 1 aromatic rings. The summed E-state index contributed by atoms with van der Waals surface area (Å²) in [6, 6.07) is 5.13. The van der Waals surface area contributed by atoms with Gasteiger partial charge in [-0.3, -0.25) is 0 Å². The summed E-state index contributed by atoms with van der Waals surface area (Å²) in [6.45, 7) is 4.40. The highest BCUT2D eigenvalue weighted by Crippen LogP contribution is 2.30. The van der Waals surface area contributed by atoms with Crippen molar-refractivity contribution < 1.29 is 4.39 Å². The van der Waals surface area contributed by atoms with Crippen molar-refractivity contribution in [1.82, 2.24) is 5.32 Å². The van der Waals surface area contributed by atoms with Gasteiger partial charge < -0.3 is 5.32 Å². The molecule has 96 valence electrons. The van der Waals surface area contributed by atoms with Gasteiger partial charge in [-0.2, -0.15) is 0 Å². The van der Waals surface area contributed by atoms with Crippen LogP contribution in [0.3, 0.4) is 0 Å². The van der Waals surface area contributed by atoms with Gasteiger partial charge in [0.1, 0.15) is 5.82 Å². The van der Waals surface area contributed by atoms with Gasteiger partial charge in [0, 0.05) is 6.04 Å². The molecular formula is C14H21ClFN. The van der Waals surface area contributed by atoms with Gasteiger partial charge in [0.25, 0.3) is 0 Å². The molecule has 0 radical (unpaired) electrons. The second-order valence-corrected chi connectivity index (χ2v) is 4.99. The Balaban J connectivity index is 2.82. The van der Waals surface area contributed by atoms with E-state index in [0.717, 1.165) is 12.0 Å². The molecule has 0 aliphatic rings. The summed E-state index contributed by atoms with van der Waals surface area (Å²) in [5.41, 5.74) is 0.858. The van der Waals surface area contributed by atoms with Crippen molar-refractivity contribution in [1.29, 1.82) is 0 Å². The highest BCUT2D eigenvalue weighted by Gasteiger charge is 2.17. The Morgan fingerprint density at radius 2 is 2.12 bits per heavy atom. The third-order valence-corrected chi connectivity index (χ3v) is 3.52. The molecule has 0 bridgehead atoms. The minimum Gasteiger partial charge on any atom is -0.313 e. The summed E-state index contributed by atoms with van der Waals surface area (Å²) >= 11 is 6.01. The van der Waals surface area contributed by atoms with Gasteiger partial charge in [-0.05, 0) is 31.0 Å². The summed E-state index contributed by atoms with van der Waals surface area (Å²) < 4.78 is 13.4.